The molecule has 3 aromatic rings. The number of hydrogen-bond acceptors (Lipinski definition) is 4. The van der Waals surface area contributed by atoms with Gasteiger partial charge in [0.1, 0.15) is 5.75 Å². The van der Waals surface area contributed by atoms with E-state index in [1.807, 2.05) is 72.8 Å². The lowest BCUT2D eigenvalue weighted by Crippen LogP contribution is -2.27. The quantitative estimate of drug-likeness (QED) is 0.460. The normalized spacial score (nSPS) is 15.9. The Balaban J connectivity index is 1.77. The molecular formula is C21H15NO2S2. The molecule has 0 N–H and O–H groups in total. The van der Waals surface area contributed by atoms with Crippen molar-refractivity contribution >= 4 is 56.7 Å². The topological polar surface area (TPSA) is 29.5 Å². The van der Waals surface area contributed by atoms with Crippen LogP contribution in [0, 0.1) is 0 Å². The van der Waals surface area contributed by atoms with Crippen LogP contribution in [0.4, 0.5) is 5.69 Å². The Kier molecular flexibility index (Phi) is 4.49. The number of carbonyl (C=O) groups excluding carboxylic acids is 1. The highest BCUT2D eigenvalue weighted by molar-refractivity contribution is 8.27. The summed E-state index contributed by atoms with van der Waals surface area (Å²) in [5.74, 6) is 0.723. The molecule has 0 atom stereocenters. The summed E-state index contributed by atoms with van der Waals surface area (Å²) in [7, 11) is 1.66. The van der Waals surface area contributed by atoms with E-state index >= 15 is 0 Å². The highest BCUT2D eigenvalue weighted by atomic mass is 32.2. The number of carbonyl (C=O) groups is 1. The minimum Gasteiger partial charge on any atom is -0.496 e. The fraction of sp³-hybridized carbons (Fsp3) is 0.0476. The van der Waals surface area contributed by atoms with E-state index in [-0.39, 0.29) is 5.91 Å². The predicted molar refractivity (Wildman–Crippen MR) is 113 cm³/mol. The van der Waals surface area contributed by atoms with Gasteiger partial charge in [0.05, 0.1) is 17.7 Å². The first-order valence-electron chi connectivity index (χ1n) is 8.08. The molecule has 1 fully saturated rings. The van der Waals surface area contributed by atoms with E-state index in [4.69, 9.17) is 17.0 Å². The molecule has 3 aromatic carbocycles. The van der Waals surface area contributed by atoms with Crippen LogP contribution in [-0.4, -0.2) is 17.3 Å². The van der Waals surface area contributed by atoms with Crippen molar-refractivity contribution in [2.24, 2.45) is 0 Å². The number of methoxy groups -OCH3 is 1. The summed E-state index contributed by atoms with van der Waals surface area (Å²) in [6.07, 6.45) is 1.91. The number of thioether (sulfide) groups is 1. The van der Waals surface area contributed by atoms with Gasteiger partial charge in [0, 0.05) is 5.39 Å². The third kappa shape index (κ3) is 2.89. The van der Waals surface area contributed by atoms with Crippen molar-refractivity contribution in [2.75, 3.05) is 12.0 Å². The van der Waals surface area contributed by atoms with Crippen LogP contribution in [0.2, 0.25) is 0 Å². The van der Waals surface area contributed by atoms with Crippen LogP contribution in [0.25, 0.3) is 16.8 Å². The minimum atomic E-state index is -0.0916. The summed E-state index contributed by atoms with van der Waals surface area (Å²) in [4.78, 5) is 15.1. The van der Waals surface area contributed by atoms with Gasteiger partial charge in [-0.05, 0) is 35.2 Å². The molecule has 0 bridgehead atoms. The summed E-state index contributed by atoms with van der Waals surface area (Å²) in [6, 6.07) is 21.4. The summed E-state index contributed by atoms with van der Waals surface area (Å²) in [5, 5.41) is 2.05. The SMILES string of the molecule is COc1ccc(/C=C2\SC(=S)N(c3ccccc3)C2=O)c2ccccc12. The van der Waals surface area contributed by atoms with Crippen molar-refractivity contribution < 1.29 is 9.53 Å². The Morgan fingerprint density at radius 1 is 0.962 bits per heavy atom. The minimum absolute atomic E-state index is 0.0916. The second-order valence-electron chi connectivity index (χ2n) is 5.76. The van der Waals surface area contributed by atoms with Crippen molar-refractivity contribution in [2.45, 2.75) is 0 Å². The number of ether oxygens (including phenoxy) is 1. The van der Waals surface area contributed by atoms with Gasteiger partial charge in [-0.3, -0.25) is 9.69 Å². The maximum Gasteiger partial charge on any atom is 0.270 e. The Hall–Kier alpha value is -2.63. The molecule has 4 rings (SSSR count). The highest BCUT2D eigenvalue weighted by Gasteiger charge is 2.33. The van der Waals surface area contributed by atoms with Gasteiger partial charge in [0.2, 0.25) is 0 Å². The van der Waals surface area contributed by atoms with Crippen LogP contribution in [0.5, 0.6) is 5.75 Å². The number of benzene rings is 3. The van der Waals surface area contributed by atoms with Crippen LogP contribution in [-0.2, 0) is 4.79 Å². The molecule has 1 saturated heterocycles. The monoisotopic (exact) mass is 377 g/mol. The van der Waals surface area contributed by atoms with Crippen LogP contribution < -0.4 is 9.64 Å². The molecule has 1 heterocycles. The Morgan fingerprint density at radius 2 is 1.65 bits per heavy atom. The van der Waals surface area contributed by atoms with Gasteiger partial charge < -0.3 is 4.74 Å². The summed E-state index contributed by atoms with van der Waals surface area (Å²) >= 11 is 6.76. The molecule has 3 nitrogen and oxygen atoms in total. The molecule has 5 heteroatoms. The third-order valence-electron chi connectivity index (χ3n) is 4.23. The maximum atomic E-state index is 12.9. The maximum absolute atomic E-state index is 12.9. The molecule has 1 aliphatic rings. The number of nitrogens with zero attached hydrogens (tertiary/aromatic N) is 1. The van der Waals surface area contributed by atoms with E-state index in [0.717, 1.165) is 27.8 Å². The lowest BCUT2D eigenvalue weighted by molar-refractivity contribution is -0.113. The fourth-order valence-electron chi connectivity index (χ4n) is 3.01. The largest absolute Gasteiger partial charge is 0.496 e. The van der Waals surface area contributed by atoms with E-state index in [0.29, 0.717) is 9.23 Å². The molecule has 0 aromatic heterocycles. The van der Waals surface area contributed by atoms with Crippen LogP contribution in [0.1, 0.15) is 5.56 Å². The molecule has 0 spiro atoms. The molecule has 1 aliphatic heterocycles. The average Bonchev–Trinajstić information content (AvgIpc) is 2.96. The first-order valence-corrected chi connectivity index (χ1v) is 9.30. The number of hydrogen-bond donors (Lipinski definition) is 0. The summed E-state index contributed by atoms with van der Waals surface area (Å²) < 4.78 is 5.99. The Bertz CT molecular complexity index is 1040. The second kappa shape index (κ2) is 6.94. The van der Waals surface area contributed by atoms with Crippen LogP contribution in [0.3, 0.4) is 0 Å². The molecular weight excluding hydrogens is 362 g/mol. The molecule has 26 heavy (non-hydrogen) atoms. The smallest absolute Gasteiger partial charge is 0.270 e. The molecule has 0 saturated carbocycles. The van der Waals surface area contributed by atoms with Crippen molar-refractivity contribution in [3.05, 3.63) is 77.2 Å². The van der Waals surface area contributed by atoms with Crippen molar-refractivity contribution in [3.8, 4) is 5.75 Å². The molecule has 0 radical (unpaired) electrons. The second-order valence-corrected chi connectivity index (χ2v) is 7.43. The van der Waals surface area contributed by atoms with Gasteiger partial charge in [-0.2, -0.15) is 0 Å². The standard InChI is InChI=1S/C21H15NO2S2/c1-24-18-12-11-14(16-9-5-6-10-17(16)18)13-19-20(23)22(21(25)26-19)15-7-3-2-4-8-15/h2-13H,1H3/b19-13-. The van der Waals surface area contributed by atoms with Gasteiger partial charge in [0.15, 0.2) is 4.32 Å². The van der Waals surface area contributed by atoms with Crippen molar-refractivity contribution in [1.82, 2.24) is 0 Å². The molecule has 128 valence electrons. The highest BCUT2D eigenvalue weighted by Crippen LogP contribution is 2.37. The van der Waals surface area contributed by atoms with Gasteiger partial charge in [-0.1, -0.05) is 72.5 Å². The Morgan fingerprint density at radius 3 is 2.38 bits per heavy atom. The number of thiocarbonyl (C=S) groups is 1. The van der Waals surface area contributed by atoms with E-state index in [9.17, 15) is 4.79 Å². The van der Waals surface area contributed by atoms with E-state index in [1.165, 1.54) is 11.8 Å². The number of amides is 1. The van der Waals surface area contributed by atoms with Gasteiger partial charge in [-0.25, -0.2) is 0 Å². The van der Waals surface area contributed by atoms with E-state index < -0.39 is 0 Å². The van der Waals surface area contributed by atoms with E-state index in [2.05, 4.69) is 0 Å². The predicted octanol–water partition coefficient (Wildman–Crippen LogP) is 5.25. The number of para-hydroxylation sites is 1. The van der Waals surface area contributed by atoms with Crippen molar-refractivity contribution in [1.29, 1.82) is 0 Å². The molecule has 1 amide bonds. The first-order chi connectivity index (χ1) is 12.7. The Labute approximate surface area is 161 Å². The number of rotatable bonds is 3. The van der Waals surface area contributed by atoms with Gasteiger partial charge in [-0.15, -0.1) is 0 Å². The molecule has 0 aliphatic carbocycles. The zero-order valence-corrected chi connectivity index (χ0v) is 15.6. The third-order valence-corrected chi connectivity index (χ3v) is 5.53. The number of fused-ring (bicyclic) bond motifs is 1. The van der Waals surface area contributed by atoms with Gasteiger partial charge >= 0.3 is 0 Å². The van der Waals surface area contributed by atoms with Crippen molar-refractivity contribution in [3.63, 3.8) is 0 Å². The average molecular weight is 377 g/mol. The number of anilines is 1. The van der Waals surface area contributed by atoms with Gasteiger partial charge in [0.25, 0.3) is 5.91 Å². The van der Waals surface area contributed by atoms with Crippen LogP contribution >= 0.6 is 24.0 Å². The first kappa shape index (κ1) is 16.8. The zero-order chi connectivity index (χ0) is 18.1. The van der Waals surface area contributed by atoms with Crippen LogP contribution in [0.15, 0.2) is 71.6 Å². The molecule has 0 unspecified atom stereocenters. The van der Waals surface area contributed by atoms with E-state index in [1.54, 1.807) is 12.0 Å². The lowest BCUT2D eigenvalue weighted by atomic mass is 10.0. The summed E-state index contributed by atoms with van der Waals surface area (Å²) in [5.41, 5.74) is 1.76. The lowest BCUT2D eigenvalue weighted by Gasteiger charge is -2.13. The fourth-order valence-corrected chi connectivity index (χ4v) is 4.30. The zero-order valence-electron chi connectivity index (χ0n) is 14.0. The summed E-state index contributed by atoms with van der Waals surface area (Å²) in [6.45, 7) is 0.